The Morgan fingerprint density at radius 1 is 1.06 bits per heavy atom. The zero-order valence-corrected chi connectivity index (χ0v) is 16.7. The number of aromatic amines is 1. The van der Waals surface area contributed by atoms with Gasteiger partial charge in [0, 0.05) is 18.7 Å². The monoisotopic (exact) mass is 431 g/mol. The van der Waals surface area contributed by atoms with Crippen molar-refractivity contribution in [3.8, 4) is 11.5 Å². The lowest BCUT2D eigenvalue weighted by Gasteiger charge is -2.21. The third-order valence-electron chi connectivity index (χ3n) is 5.03. The molecule has 0 radical (unpaired) electrons. The van der Waals surface area contributed by atoms with E-state index in [1.54, 1.807) is 12.1 Å². The molecule has 3 aromatic rings. The second-order valence-corrected chi connectivity index (χ2v) is 7.22. The number of benzene rings is 2. The first-order valence-corrected chi connectivity index (χ1v) is 9.66. The van der Waals surface area contributed by atoms with Gasteiger partial charge in [-0.25, -0.2) is 5.10 Å². The molecule has 1 aliphatic rings. The van der Waals surface area contributed by atoms with Crippen molar-refractivity contribution in [2.45, 2.75) is 26.2 Å². The number of nitrogens with zero attached hydrogens (tertiary/aromatic N) is 2. The number of hydrogen-bond donors (Lipinski definition) is 1. The average molecular weight is 431 g/mol. The van der Waals surface area contributed by atoms with Crippen molar-refractivity contribution in [2.24, 2.45) is 0 Å². The first-order valence-electron chi connectivity index (χ1n) is 9.66. The standard InChI is InChI=1S/C22H20F3N3O3/c1-14-5-7-16(8-6-14)30-9-10-31-19-4-2-3-15-12-28(13-17(15)19)18-11-26-27-21(29)20(18)22(23,24)25/h2-8,11H,9-10,12-13H2,1H3,(H,27,29). The SMILES string of the molecule is Cc1ccc(OCCOc2cccc3c2CN(c2cn[nH]c(=O)c2C(F)(F)F)C3)cc1. The van der Waals surface area contributed by atoms with Gasteiger partial charge < -0.3 is 14.4 Å². The Hall–Kier alpha value is -3.49. The minimum absolute atomic E-state index is 0.179. The molecule has 0 spiro atoms. The number of aromatic nitrogens is 2. The lowest BCUT2D eigenvalue weighted by atomic mass is 10.1. The Bertz CT molecular complexity index is 1130. The average Bonchev–Trinajstić information content (AvgIpc) is 3.16. The molecule has 6 nitrogen and oxygen atoms in total. The summed E-state index contributed by atoms with van der Waals surface area (Å²) in [6.45, 7) is 3.00. The van der Waals surface area contributed by atoms with Crippen molar-refractivity contribution in [1.29, 1.82) is 0 Å². The molecule has 0 saturated carbocycles. The molecule has 0 aliphatic carbocycles. The van der Waals surface area contributed by atoms with E-state index < -0.39 is 17.3 Å². The zero-order chi connectivity index (χ0) is 22.0. The molecule has 9 heteroatoms. The molecule has 4 rings (SSSR count). The van der Waals surface area contributed by atoms with Gasteiger partial charge in [-0.05, 0) is 30.7 Å². The van der Waals surface area contributed by atoms with Gasteiger partial charge in [0.1, 0.15) is 30.3 Å². The van der Waals surface area contributed by atoms with Crippen LogP contribution < -0.4 is 19.9 Å². The second-order valence-electron chi connectivity index (χ2n) is 7.22. The fraction of sp³-hybridized carbons (Fsp3) is 0.273. The van der Waals surface area contributed by atoms with Crippen LogP contribution in [0.5, 0.6) is 11.5 Å². The Labute approximate surface area is 176 Å². The topological polar surface area (TPSA) is 67.5 Å². The number of ether oxygens (including phenoxy) is 2. The predicted octanol–water partition coefficient (Wildman–Crippen LogP) is 4.08. The first kappa shape index (κ1) is 20.8. The quantitative estimate of drug-likeness (QED) is 0.596. The van der Waals surface area contributed by atoms with Crippen molar-refractivity contribution in [2.75, 3.05) is 18.1 Å². The normalized spacial score (nSPS) is 13.2. The summed E-state index contributed by atoms with van der Waals surface area (Å²) >= 11 is 0. The molecule has 1 N–H and O–H groups in total. The summed E-state index contributed by atoms with van der Waals surface area (Å²) < 4.78 is 51.8. The van der Waals surface area contributed by atoms with E-state index in [0.29, 0.717) is 12.4 Å². The molecule has 0 atom stereocenters. The van der Waals surface area contributed by atoms with Crippen LogP contribution in [0.25, 0.3) is 0 Å². The van der Waals surface area contributed by atoms with Crippen LogP contribution in [0.3, 0.4) is 0 Å². The maximum atomic E-state index is 13.4. The largest absolute Gasteiger partial charge is 0.490 e. The Kier molecular flexibility index (Phi) is 5.58. The Morgan fingerprint density at radius 3 is 2.55 bits per heavy atom. The van der Waals surface area contributed by atoms with E-state index in [2.05, 4.69) is 5.10 Å². The van der Waals surface area contributed by atoms with Crippen LogP contribution in [0.15, 0.2) is 53.5 Å². The van der Waals surface area contributed by atoms with E-state index >= 15 is 0 Å². The van der Waals surface area contributed by atoms with E-state index in [1.165, 1.54) is 4.90 Å². The lowest BCUT2D eigenvalue weighted by molar-refractivity contribution is -0.138. The van der Waals surface area contributed by atoms with E-state index in [9.17, 15) is 18.0 Å². The van der Waals surface area contributed by atoms with Gasteiger partial charge in [-0.2, -0.15) is 18.3 Å². The predicted molar refractivity (Wildman–Crippen MR) is 108 cm³/mol. The van der Waals surface area contributed by atoms with Crippen LogP contribution in [0.4, 0.5) is 18.9 Å². The maximum Gasteiger partial charge on any atom is 0.423 e. The number of hydrogen-bond acceptors (Lipinski definition) is 5. The van der Waals surface area contributed by atoms with Crippen LogP contribution in [-0.4, -0.2) is 23.4 Å². The van der Waals surface area contributed by atoms with E-state index in [0.717, 1.165) is 28.6 Å². The molecular formula is C22H20F3N3O3. The highest BCUT2D eigenvalue weighted by Gasteiger charge is 2.39. The van der Waals surface area contributed by atoms with Crippen molar-refractivity contribution < 1.29 is 22.6 Å². The number of anilines is 1. The molecule has 1 aliphatic heterocycles. The lowest BCUT2D eigenvalue weighted by Crippen LogP contribution is -2.28. The van der Waals surface area contributed by atoms with Crippen LogP contribution in [0.1, 0.15) is 22.3 Å². The Balaban J connectivity index is 1.46. The third-order valence-corrected chi connectivity index (χ3v) is 5.03. The molecular weight excluding hydrogens is 411 g/mol. The van der Waals surface area contributed by atoms with Crippen molar-refractivity contribution in [1.82, 2.24) is 10.2 Å². The fourth-order valence-corrected chi connectivity index (χ4v) is 3.54. The molecule has 2 heterocycles. The molecule has 2 aromatic carbocycles. The molecule has 0 amide bonds. The van der Waals surface area contributed by atoms with Gasteiger partial charge >= 0.3 is 6.18 Å². The van der Waals surface area contributed by atoms with Gasteiger partial charge in [0.15, 0.2) is 0 Å². The second kappa shape index (κ2) is 8.33. The summed E-state index contributed by atoms with van der Waals surface area (Å²) in [5.74, 6) is 1.32. The highest BCUT2D eigenvalue weighted by molar-refractivity contribution is 5.58. The van der Waals surface area contributed by atoms with Gasteiger partial charge in [-0.3, -0.25) is 4.79 Å². The van der Waals surface area contributed by atoms with Crippen LogP contribution in [-0.2, 0) is 19.3 Å². The number of fused-ring (bicyclic) bond motifs is 1. The highest BCUT2D eigenvalue weighted by Crippen LogP contribution is 2.39. The molecule has 0 bridgehead atoms. The van der Waals surface area contributed by atoms with Crippen LogP contribution in [0.2, 0.25) is 0 Å². The van der Waals surface area contributed by atoms with Crippen molar-refractivity contribution in [3.63, 3.8) is 0 Å². The van der Waals surface area contributed by atoms with Gasteiger partial charge in [-0.15, -0.1) is 0 Å². The first-order chi connectivity index (χ1) is 14.8. The van der Waals surface area contributed by atoms with Gasteiger partial charge in [-0.1, -0.05) is 29.8 Å². The van der Waals surface area contributed by atoms with Crippen LogP contribution >= 0.6 is 0 Å². The zero-order valence-electron chi connectivity index (χ0n) is 16.7. The van der Waals surface area contributed by atoms with Crippen molar-refractivity contribution in [3.05, 3.63) is 81.3 Å². The molecule has 162 valence electrons. The van der Waals surface area contributed by atoms with E-state index in [-0.39, 0.29) is 25.4 Å². The molecule has 0 unspecified atom stereocenters. The number of halogens is 3. The van der Waals surface area contributed by atoms with Crippen LogP contribution in [0, 0.1) is 6.92 Å². The minimum atomic E-state index is -4.78. The Morgan fingerprint density at radius 2 is 1.81 bits per heavy atom. The number of H-pyrrole nitrogens is 1. The summed E-state index contributed by atoms with van der Waals surface area (Å²) in [5.41, 5.74) is 0.00458. The van der Waals surface area contributed by atoms with E-state index in [1.807, 2.05) is 42.4 Å². The van der Waals surface area contributed by atoms with Gasteiger partial charge in [0.2, 0.25) is 0 Å². The molecule has 0 saturated heterocycles. The fourth-order valence-electron chi connectivity index (χ4n) is 3.54. The minimum Gasteiger partial charge on any atom is -0.490 e. The summed E-state index contributed by atoms with van der Waals surface area (Å²) in [5, 5.41) is 5.42. The summed E-state index contributed by atoms with van der Waals surface area (Å²) in [7, 11) is 0. The summed E-state index contributed by atoms with van der Waals surface area (Å²) in [6.07, 6.45) is -3.75. The van der Waals surface area contributed by atoms with Gasteiger partial charge in [0.05, 0.1) is 11.9 Å². The summed E-state index contributed by atoms with van der Waals surface area (Å²) in [6, 6.07) is 13.1. The highest BCUT2D eigenvalue weighted by atomic mass is 19.4. The van der Waals surface area contributed by atoms with Crippen molar-refractivity contribution >= 4 is 5.69 Å². The number of rotatable bonds is 6. The third kappa shape index (κ3) is 4.50. The van der Waals surface area contributed by atoms with E-state index in [4.69, 9.17) is 9.47 Å². The molecule has 31 heavy (non-hydrogen) atoms. The number of alkyl halides is 3. The number of aryl methyl sites for hydroxylation is 1. The molecule has 0 fully saturated rings. The summed E-state index contributed by atoms with van der Waals surface area (Å²) in [4.78, 5) is 13.3. The smallest absolute Gasteiger partial charge is 0.423 e. The number of nitrogens with one attached hydrogen (secondary N) is 1. The molecule has 1 aromatic heterocycles. The van der Waals surface area contributed by atoms with Gasteiger partial charge in [0.25, 0.3) is 5.56 Å². The maximum absolute atomic E-state index is 13.4.